The van der Waals surface area contributed by atoms with Gasteiger partial charge in [0.2, 0.25) is 5.95 Å². The molecule has 0 radical (unpaired) electrons. The Labute approximate surface area is 221 Å². The molecule has 1 aromatic heterocycles. The van der Waals surface area contributed by atoms with Crippen LogP contribution in [0.25, 0.3) is 11.1 Å². The zero-order valence-electron chi connectivity index (χ0n) is 22.1. The number of para-hydroxylation sites is 1. The highest BCUT2D eigenvalue weighted by molar-refractivity contribution is 7.80. The Morgan fingerprint density at radius 3 is 2.57 bits per heavy atom. The molecule has 1 saturated heterocycles. The van der Waals surface area contributed by atoms with Crippen molar-refractivity contribution in [3.8, 4) is 16.9 Å². The minimum absolute atomic E-state index is 0.0259. The summed E-state index contributed by atoms with van der Waals surface area (Å²) in [5, 5.41) is 6.79. The minimum atomic E-state index is -2.33. The molecule has 1 atom stereocenters. The van der Waals surface area contributed by atoms with E-state index in [0.717, 1.165) is 42.8 Å². The van der Waals surface area contributed by atoms with Crippen LogP contribution in [-0.2, 0) is 15.8 Å². The lowest BCUT2D eigenvalue weighted by Gasteiger charge is -2.30. The van der Waals surface area contributed by atoms with Crippen LogP contribution in [0.4, 0.5) is 17.5 Å². The fraction of sp³-hybridized carbons (Fsp3) is 0.429. The zero-order chi connectivity index (χ0) is 26.7. The standard InChI is InChI=1S/C28H37N5O3S/c1-17(2)36-25-15-20(19-10-12-30-13-11-19)18(3)14-21(25)22-16-31-27(29)33-26(22)32-24-9-7-6-8-23(24)28(4,5)37(34)35/h6-9,14-17,19,30H,10-13H2,1-5H3,(H,34,35)(H3,29,31,32,33)/p-1. The maximum atomic E-state index is 12.0. The molecule has 37 heavy (non-hydrogen) atoms. The number of benzene rings is 2. The van der Waals surface area contributed by atoms with Gasteiger partial charge in [0.05, 0.1) is 10.9 Å². The molecule has 2 heterocycles. The van der Waals surface area contributed by atoms with Gasteiger partial charge in [-0.05, 0) is 112 Å². The van der Waals surface area contributed by atoms with Crippen LogP contribution in [0.2, 0.25) is 0 Å². The molecule has 4 N–H and O–H groups in total. The molecule has 4 rings (SSSR count). The van der Waals surface area contributed by atoms with Crippen LogP contribution >= 0.6 is 0 Å². The highest BCUT2D eigenvalue weighted by Crippen LogP contribution is 2.42. The third-order valence-corrected chi connectivity index (χ3v) is 7.91. The number of nitrogens with one attached hydrogen (secondary N) is 2. The quantitative estimate of drug-likeness (QED) is 0.347. The van der Waals surface area contributed by atoms with Crippen molar-refractivity contribution in [3.63, 3.8) is 0 Å². The highest BCUT2D eigenvalue weighted by atomic mass is 32.2. The van der Waals surface area contributed by atoms with Gasteiger partial charge in [-0.1, -0.05) is 18.2 Å². The van der Waals surface area contributed by atoms with E-state index >= 15 is 0 Å². The lowest BCUT2D eigenvalue weighted by atomic mass is 9.86. The predicted molar refractivity (Wildman–Crippen MR) is 149 cm³/mol. The van der Waals surface area contributed by atoms with E-state index in [1.54, 1.807) is 26.1 Å². The summed E-state index contributed by atoms with van der Waals surface area (Å²) in [5.41, 5.74) is 11.3. The number of aryl methyl sites for hydroxylation is 1. The first-order chi connectivity index (χ1) is 17.6. The Balaban J connectivity index is 1.83. The SMILES string of the molecule is Cc1cc(-c2cnc(N)nc2Nc2ccccc2C(C)(C)S(=O)[O-])c(OC(C)C)cc1C1CCNCC1. The van der Waals surface area contributed by atoms with E-state index in [0.29, 0.717) is 23.0 Å². The molecular weight excluding hydrogens is 486 g/mol. The molecule has 8 nitrogen and oxygen atoms in total. The van der Waals surface area contributed by atoms with Gasteiger partial charge >= 0.3 is 0 Å². The number of piperidine rings is 1. The summed E-state index contributed by atoms with van der Waals surface area (Å²) < 4.78 is 29.3. The van der Waals surface area contributed by atoms with Crippen molar-refractivity contribution in [3.05, 3.63) is 59.3 Å². The van der Waals surface area contributed by atoms with Gasteiger partial charge in [-0.2, -0.15) is 4.98 Å². The predicted octanol–water partition coefficient (Wildman–Crippen LogP) is 5.15. The second-order valence-corrected chi connectivity index (χ2v) is 11.8. The first kappa shape index (κ1) is 27.0. The second-order valence-electron chi connectivity index (χ2n) is 10.3. The largest absolute Gasteiger partial charge is 0.772 e. The third kappa shape index (κ3) is 5.95. The lowest BCUT2D eigenvalue weighted by Crippen LogP contribution is -2.27. The van der Waals surface area contributed by atoms with E-state index < -0.39 is 15.8 Å². The van der Waals surface area contributed by atoms with Gasteiger partial charge < -0.3 is 25.7 Å². The second kappa shape index (κ2) is 11.2. The number of rotatable bonds is 8. The molecule has 198 valence electrons. The van der Waals surface area contributed by atoms with Crippen LogP contribution in [0.5, 0.6) is 5.75 Å². The van der Waals surface area contributed by atoms with Gasteiger partial charge in [0.15, 0.2) is 0 Å². The number of anilines is 3. The minimum Gasteiger partial charge on any atom is -0.772 e. The molecule has 0 saturated carbocycles. The Morgan fingerprint density at radius 1 is 1.19 bits per heavy atom. The Kier molecular flexibility index (Phi) is 8.16. The van der Waals surface area contributed by atoms with Crippen molar-refractivity contribution in [1.82, 2.24) is 15.3 Å². The van der Waals surface area contributed by atoms with Gasteiger partial charge in [-0.25, -0.2) is 4.98 Å². The smallest absolute Gasteiger partial charge is 0.221 e. The van der Waals surface area contributed by atoms with Crippen molar-refractivity contribution >= 4 is 28.5 Å². The number of aromatic nitrogens is 2. The molecule has 3 aromatic rings. The Morgan fingerprint density at radius 2 is 1.89 bits per heavy atom. The van der Waals surface area contributed by atoms with Crippen LogP contribution in [-0.4, -0.2) is 37.9 Å². The van der Waals surface area contributed by atoms with Crippen molar-refractivity contribution in [2.75, 3.05) is 24.1 Å². The van der Waals surface area contributed by atoms with Crippen LogP contribution in [0.1, 0.15) is 63.1 Å². The number of nitrogens with zero attached hydrogens (tertiary/aromatic N) is 2. The van der Waals surface area contributed by atoms with Crippen LogP contribution < -0.4 is 21.1 Å². The molecule has 2 aromatic carbocycles. The highest BCUT2D eigenvalue weighted by Gasteiger charge is 2.26. The molecule has 1 aliphatic rings. The fourth-order valence-corrected chi connectivity index (χ4v) is 5.22. The van der Waals surface area contributed by atoms with Gasteiger partial charge in [-0.3, -0.25) is 4.21 Å². The topological polar surface area (TPSA) is 125 Å². The van der Waals surface area contributed by atoms with E-state index in [1.807, 2.05) is 32.0 Å². The van der Waals surface area contributed by atoms with E-state index in [9.17, 15) is 8.76 Å². The molecule has 1 unspecified atom stereocenters. The van der Waals surface area contributed by atoms with E-state index in [-0.39, 0.29) is 12.1 Å². The first-order valence-corrected chi connectivity index (χ1v) is 13.8. The number of nitrogen functional groups attached to an aromatic ring is 1. The molecule has 0 aliphatic carbocycles. The fourth-order valence-electron chi connectivity index (χ4n) is 4.86. The molecule has 1 aliphatic heterocycles. The number of nitrogens with two attached hydrogens (primary N) is 1. The Hall–Kier alpha value is -3.01. The van der Waals surface area contributed by atoms with Gasteiger partial charge in [0, 0.05) is 23.0 Å². The maximum absolute atomic E-state index is 12.0. The number of hydrogen-bond donors (Lipinski definition) is 3. The first-order valence-electron chi connectivity index (χ1n) is 12.7. The van der Waals surface area contributed by atoms with Crippen LogP contribution in [0, 0.1) is 6.92 Å². The van der Waals surface area contributed by atoms with Crippen molar-refractivity contribution in [2.45, 2.75) is 64.2 Å². The molecular formula is C28H36N5O3S-. The molecule has 0 spiro atoms. The number of ether oxygens (including phenoxy) is 1. The summed E-state index contributed by atoms with van der Waals surface area (Å²) in [4.78, 5) is 8.80. The van der Waals surface area contributed by atoms with Gasteiger partial charge in [0.25, 0.3) is 0 Å². The average Bonchev–Trinajstić information content (AvgIpc) is 2.85. The molecule has 0 amide bonds. The normalized spacial score (nSPS) is 15.5. The zero-order valence-corrected chi connectivity index (χ0v) is 22.9. The van der Waals surface area contributed by atoms with Gasteiger partial charge in [0.1, 0.15) is 11.6 Å². The van der Waals surface area contributed by atoms with E-state index in [1.165, 1.54) is 11.1 Å². The van der Waals surface area contributed by atoms with E-state index in [2.05, 4.69) is 39.7 Å². The summed E-state index contributed by atoms with van der Waals surface area (Å²) in [6, 6.07) is 11.6. The van der Waals surface area contributed by atoms with Crippen molar-refractivity contribution in [2.24, 2.45) is 0 Å². The average molecular weight is 523 g/mol. The van der Waals surface area contributed by atoms with E-state index in [4.69, 9.17) is 10.5 Å². The number of hydrogen-bond acceptors (Lipinski definition) is 8. The summed E-state index contributed by atoms with van der Waals surface area (Å²) in [7, 11) is 0. The Bertz CT molecular complexity index is 1290. The maximum Gasteiger partial charge on any atom is 0.221 e. The summed E-state index contributed by atoms with van der Waals surface area (Å²) >= 11 is -2.33. The monoisotopic (exact) mass is 522 g/mol. The lowest BCUT2D eigenvalue weighted by molar-refractivity contribution is 0.243. The molecule has 0 bridgehead atoms. The summed E-state index contributed by atoms with van der Waals surface area (Å²) in [6.45, 7) is 11.5. The van der Waals surface area contributed by atoms with Gasteiger partial charge in [-0.15, -0.1) is 0 Å². The van der Waals surface area contributed by atoms with Crippen LogP contribution in [0.15, 0.2) is 42.6 Å². The molecule has 1 fully saturated rings. The van der Waals surface area contributed by atoms with Crippen molar-refractivity contribution in [1.29, 1.82) is 0 Å². The molecule has 9 heteroatoms. The summed E-state index contributed by atoms with van der Waals surface area (Å²) in [6.07, 6.45) is 3.84. The summed E-state index contributed by atoms with van der Waals surface area (Å²) in [5.74, 6) is 1.84. The third-order valence-electron chi connectivity index (χ3n) is 6.85. The van der Waals surface area contributed by atoms with Crippen LogP contribution in [0.3, 0.4) is 0 Å². The van der Waals surface area contributed by atoms with Crippen molar-refractivity contribution < 1.29 is 13.5 Å².